The summed E-state index contributed by atoms with van der Waals surface area (Å²) in [6.45, 7) is 0.624. The first-order valence-electron chi connectivity index (χ1n) is 7.80. The number of halogens is 1. The lowest BCUT2D eigenvalue weighted by Gasteiger charge is -2.23. The van der Waals surface area contributed by atoms with Crippen molar-refractivity contribution in [3.63, 3.8) is 0 Å². The van der Waals surface area contributed by atoms with Gasteiger partial charge >= 0.3 is 0 Å². The van der Waals surface area contributed by atoms with E-state index in [-0.39, 0.29) is 11.9 Å². The van der Waals surface area contributed by atoms with Gasteiger partial charge < -0.3 is 15.0 Å². The normalized spacial score (nSPS) is 12.2. The first kappa shape index (κ1) is 19.0. The van der Waals surface area contributed by atoms with Gasteiger partial charge in [-0.05, 0) is 65.6 Å². The van der Waals surface area contributed by atoms with Crippen molar-refractivity contribution in [1.82, 2.24) is 10.2 Å². The number of nitrogens with one attached hydrogen (secondary N) is 1. The zero-order valence-electron chi connectivity index (χ0n) is 14.2. The minimum absolute atomic E-state index is 0.0744. The Morgan fingerprint density at radius 3 is 2.75 bits per heavy atom. The number of rotatable bonds is 8. The van der Waals surface area contributed by atoms with Crippen LogP contribution in [0.5, 0.6) is 5.75 Å². The van der Waals surface area contributed by atoms with Gasteiger partial charge in [0.05, 0.1) is 17.6 Å². The number of likely N-dealkylation sites (N-methyl/N-ethyl adjacent to an activating group) is 1. The van der Waals surface area contributed by atoms with Crippen molar-refractivity contribution < 1.29 is 9.53 Å². The summed E-state index contributed by atoms with van der Waals surface area (Å²) in [5.74, 6) is 0.873. The number of hydrogen-bond donors (Lipinski definition) is 1. The fourth-order valence-corrected chi connectivity index (χ4v) is 3.95. The van der Waals surface area contributed by atoms with E-state index in [4.69, 9.17) is 4.74 Å². The first-order valence-corrected chi connectivity index (χ1v) is 9.47. The lowest BCUT2D eigenvalue weighted by molar-refractivity contribution is -0.121. The summed E-state index contributed by atoms with van der Waals surface area (Å²) < 4.78 is 6.13. The van der Waals surface area contributed by atoms with E-state index in [1.54, 1.807) is 18.4 Å². The number of thiophene rings is 1. The number of methoxy groups -OCH3 is 1. The number of nitrogens with zero attached hydrogens (tertiary/aromatic N) is 1. The molecule has 0 aliphatic carbocycles. The molecule has 0 radical (unpaired) electrons. The minimum Gasteiger partial charge on any atom is -0.496 e. The highest BCUT2D eigenvalue weighted by atomic mass is 79.9. The number of hydrogen-bond acceptors (Lipinski definition) is 4. The highest BCUT2D eigenvalue weighted by Gasteiger charge is 2.16. The van der Waals surface area contributed by atoms with E-state index in [2.05, 4.69) is 37.6 Å². The van der Waals surface area contributed by atoms with Crippen LogP contribution >= 0.6 is 27.3 Å². The van der Waals surface area contributed by atoms with Gasteiger partial charge in [-0.25, -0.2) is 0 Å². The third kappa shape index (κ3) is 5.33. The van der Waals surface area contributed by atoms with Crippen LogP contribution in [0.25, 0.3) is 0 Å². The number of ether oxygens (including phenoxy) is 1. The molecule has 0 aliphatic heterocycles. The Labute approximate surface area is 156 Å². The molecule has 0 aliphatic rings. The molecule has 0 fully saturated rings. The molecule has 1 atom stereocenters. The molecular weight excluding hydrogens is 388 g/mol. The number of aryl methyl sites for hydroxylation is 1. The lowest BCUT2D eigenvalue weighted by atomic mass is 10.1. The average Bonchev–Trinajstić information content (AvgIpc) is 3.07. The van der Waals surface area contributed by atoms with E-state index >= 15 is 0 Å². The molecule has 0 spiro atoms. The quantitative estimate of drug-likeness (QED) is 0.717. The largest absolute Gasteiger partial charge is 0.496 e. The van der Waals surface area contributed by atoms with Gasteiger partial charge in [-0.15, -0.1) is 11.3 Å². The third-order valence-electron chi connectivity index (χ3n) is 3.84. The van der Waals surface area contributed by atoms with E-state index in [1.807, 2.05) is 38.4 Å². The Kier molecular flexibility index (Phi) is 7.27. The number of amides is 1. The highest BCUT2D eigenvalue weighted by Crippen LogP contribution is 2.26. The van der Waals surface area contributed by atoms with Gasteiger partial charge in [0.2, 0.25) is 5.91 Å². The van der Waals surface area contributed by atoms with E-state index in [0.29, 0.717) is 19.4 Å². The van der Waals surface area contributed by atoms with Crippen molar-refractivity contribution in [2.24, 2.45) is 0 Å². The zero-order chi connectivity index (χ0) is 17.5. The van der Waals surface area contributed by atoms with Crippen molar-refractivity contribution in [1.29, 1.82) is 0 Å². The van der Waals surface area contributed by atoms with E-state index in [1.165, 1.54) is 4.88 Å². The molecule has 0 bridgehead atoms. The van der Waals surface area contributed by atoms with Crippen LogP contribution in [0.4, 0.5) is 0 Å². The molecule has 1 unspecified atom stereocenters. The Morgan fingerprint density at radius 1 is 1.38 bits per heavy atom. The summed E-state index contributed by atoms with van der Waals surface area (Å²) in [6.07, 6.45) is 1.18. The number of benzene rings is 1. The Morgan fingerprint density at radius 2 is 2.17 bits per heavy atom. The summed E-state index contributed by atoms with van der Waals surface area (Å²) in [6, 6.07) is 10.3. The van der Waals surface area contributed by atoms with Gasteiger partial charge in [-0.1, -0.05) is 12.1 Å². The van der Waals surface area contributed by atoms with Crippen LogP contribution < -0.4 is 10.1 Å². The third-order valence-corrected chi connectivity index (χ3v) is 5.44. The fraction of sp³-hybridized carbons (Fsp3) is 0.389. The molecule has 2 aromatic rings. The summed E-state index contributed by atoms with van der Waals surface area (Å²) in [7, 11) is 5.71. The van der Waals surface area contributed by atoms with Crippen LogP contribution in [0, 0.1) is 0 Å². The van der Waals surface area contributed by atoms with Crippen LogP contribution in [0.2, 0.25) is 0 Å². The summed E-state index contributed by atoms with van der Waals surface area (Å²) in [4.78, 5) is 15.6. The standard InChI is InChI=1S/C18H23BrN2O2S/c1-21(2)15(17-5-4-10-24-17)12-20-18(22)9-7-13-6-8-16(23-3)14(19)11-13/h4-6,8,10-11,15H,7,9,12H2,1-3H3,(H,20,22). The molecule has 0 saturated heterocycles. The van der Waals surface area contributed by atoms with Crippen LogP contribution in [0.1, 0.15) is 22.9 Å². The van der Waals surface area contributed by atoms with Crippen molar-refractivity contribution in [2.75, 3.05) is 27.7 Å². The van der Waals surface area contributed by atoms with Crippen molar-refractivity contribution in [2.45, 2.75) is 18.9 Å². The van der Waals surface area contributed by atoms with Gasteiger partial charge in [0.25, 0.3) is 0 Å². The first-order chi connectivity index (χ1) is 11.5. The topological polar surface area (TPSA) is 41.6 Å². The molecule has 4 nitrogen and oxygen atoms in total. The van der Waals surface area contributed by atoms with E-state index < -0.39 is 0 Å². The Bertz CT molecular complexity index is 659. The van der Waals surface area contributed by atoms with Crippen LogP contribution in [0.15, 0.2) is 40.2 Å². The van der Waals surface area contributed by atoms with Gasteiger partial charge in [0, 0.05) is 17.8 Å². The lowest BCUT2D eigenvalue weighted by Crippen LogP contribution is -2.34. The molecule has 1 heterocycles. The average molecular weight is 411 g/mol. The van der Waals surface area contributed by atoms with Gasteiger partial charge in [-0.3, -0.25) is 4.79 Å². The Balaban J connectivity index is 1.83. The molecule has 1 aromatic heterocycles. The molecule has 0 saturated carbocycles. The smallest absolute Gasteiger partial charge is 0.220 e. The molecular formula is C18H23BrN2O2S. The molecule has 6 heteroatoms. The van der Waals surface area contributed by atoms with Crippen LogP contribution in [-0.2, 0) is 11.2 Å². The monoisotopic (exact) mass is 410 g/mol. The fourth-order valence-electron chi connectivity index (χ4n) is 2.44. The molecule has 130 valence electrons. The molecule has 1 N–H and O–H groups in total. The minimum atomic E-state index is 0.0744. The zero-order valence-corrected chi connectivity index (χ0v) is 16.6. The number of carbonyl (C=O) groups excluding carboxylic acids is 1. The number of carbonyl (C=O) groups is 1. The highest BCUT2D eigenvalue weighted by molar-refractivity contribution is 9.10. The predicted molar refractivity (Wildman–Crippen MR) is 103 cm³/mol. The van der Waals surface area contributed by atoms with Crippen molar-refractivity contribution >= 4 is 33.2 Å². The Hall–Kier alpha value is -1.37. The molecule has 1 aromatic carbocycles. The second-order valence-corrected chi connectivity index (χ2v) is 7.60. The molecule has 24 heavy (non-hydrogen) atoms. The van der Waals surface area contributed by atoms with Gasteiger partial charge in [0.1, 0.15) is 5.75 Å². The molecule has 2 rings (SSSR count). The van der Waals surface area contributed by atoms with Crippen molar-refractivity contribution in [3.05, 3.63) is 50.6 Å². The van der Waals surface area contributed by atoms with Gasteiger partial charge in [-0.2, -0.15) is 0 Å². The summed E-state index contributed by atoms with van der Waals surface area (Å²) >= 11 is 5.19. The SMILES string of the molecule is COc1ccc(CCC(=O)NCC(c2cccs2)N(C)C)cc1Br. The maximum Gasteiger partial charge on any atom is 0.220 e. The second kappa shape index (κ2) is 9.20. The molecule has 1 amide bonds. The van der Waals surface area contributed by atoms with Gasteiger partial charge in [0.15, 0.2) is 0 Å². The predicted octanol–water partition coefficient (Wildman–Crippen LogP) is 3.87. The van der Waals surface area contributed by atoms with E-state index in [0.717, 1.165) is 15.8 Å². The maximum absolute atomic E-state index is 12.2. The van der Waals surface area contributed by atoms with Crippen molar-refractivity contribution in [3.8, 4) is 5.75 Å². The van der Waals surface area contributed by atoms with E-state index in [9.17, 15) is 4.79 Å². The summed E-state index contributed by atoms with van der Waals surface area (Å²) in [5.41, 5.74) is 1.11. The second-order valence-electron chi connectivity index (χ2n) is 5.77. The maximum atomic E-state index is 12.2. The van der Waals surface area contributed by atoms with Crippen LogP contribution in [0.3, 0.4) is 0 Å². The van der Waals surface area contributed by atoms with Crippen LogP contribution in [-0.4, -0.2) is 38.6 Å². The summed E-state index contributed by atoms with van der Waals surface area (Å²) in [5, 5.41) is 5.11.